The number of rotatable bonds is 3. The normalized spacial score (nSPS) is 11.2. The number of anilines is 1. The van der Waals surface area contributed by atoms with E-state index in [9.17, 15) is 18.0 Å². The van der Waals surface area contributed by atoms with Crippen LogP contribution >= 0.6 is 23.6 Å². The molecule has 10 heteroatoms. The van der Waals surface area contributed by atoms with Crippen molar-refractivity contribution in [2.75, 3.05) is 5.32 Å². The maximum absolute atomic E-state index is 12.6. The highest BCUT2D eigenvalue weighted by Gasteiger charge is 2.29. The molecule has 1 aromatic heterocycles. The highest BCUT2D eigenvalue weighted by atomic mass is 32.1. The minimum absolute atomic E-state index is 0.0317. The number of alkyl halides is 3. The summed E-state index contributed by atoms with van der Waals surface area (Å²) in [4.78, 5) is 16.9. The van der Waals surface area contributed by atoms with E-state index >= 15 is 0 Å². The number of fused-ring (bicyclic) bond motifs is 1. The third kappa shape index (κ3) is 5.04. The number of para-hydroxylation sites is 1. The number of thiocarbonyl (C=S) groups is 1. The fourth-order valence-electron chi connectivity index (χ4n) is 2.85. The fraction of sp³-hybridized carbons (Fsp3) is 0.0455. The van der Waals surface area contributed by atoms with E-state index in [4.69, 9.17) is 12.2 Å². The highest BCUT2D eigenvalue weighted by Crippen LogP contribution is 2.30. The van der Waals surface area contributed by atoms with Gasteiger partial charge in [0.1, 0.15) is 5.01 Å². The van der Waals surface area contributed by atoms with Crippen molar-refractivity contribution in [2.24, 2.45) is 0 Å². The number of carbonyl (C=O) groups is 1. The molecule has 32 heavy (non-hydrogen) atoms. The lowest BCUT2D eigenvalue weighted by atomic mass is 10.1. The first-order chi connectivity index (χ1) is 15.3. The van der Waals surface area contributed by atoms with Crippen molar-refractivity contribution in [3.8, 4) is 10.6 Å². The SMILES string of the molecule is O=C(NNC(=S)Nc1ccc(C(F)(F)F)cc1)c1ccc(-c2nc3ccccc3s2)cc1. The van der Waals surface area contributed by atoms with Crippen molar-refractivity contribution in [2.45, 2.75) is 6.18 Å². The molecule has 5 nitrogen and oxygen atoms in total. The molecule has 3 aromatic carbocycles. The number of amides is 1. The summed E-state index contributed by atoms with van der Waals surface area (Å²) >= 11 is 6.63. The van der Waals surface area contributed by atoms with Crippen LogP contribution in [0.15, 0.2) is 72.8 Å². The topological polar surface area (TPSA) is 66.1 Å². The molecular weight excluding hydrogens is 457 g/mol. The molecule has 0 unspecified atom stereocenters. The Bertz CT molecular complexity index is 1240. The van der Waals surface area contributed by atoms with E-state index in [-0.39, 0.29) is 5.11 Å². The van der Waals surface area contributed by atoms with Gasteiger partial charge < -0.3 is 5.32 Å². The second kappa shape index (κ2) is 8.93. The summed E-state index contributed by atoms with van der Waals surface area (Å²) in [6.07, 6.45) is -4.41. The van der Waals surface area contributed by atoms with Gasteiger partial charge in [-0.15, -0.1) is 11.3 Å². The van der Waals surface area contributed by atoms with Crippen molar-refractivity contribution in [3.63, 3.8) is 0 Å². The van der Waals surface area contributed by atoms with Gasteiger partial charge in [-0.25, -0.2) is 4.98 Å². The number of nitrogens with zero attached hydrogens (tertiary/aromatic N) is 1. The summed E-state index contributed by atoms with van der Waals surface area (Å²) < 4.78 is 38.9. The van der Waals surface area contributed by atoms with Crippen LogP contribution < -0.4 is 16.2 Å². The van der Waals surface area contributed by atoms with E-state index in [0.29, 0.717) is 11.3 Å². The molecule has 1 amide bonds. The molecule has 0 aliphatic carbocycles. The average molecular weight is 473 g/mol. The second-order valence-electron chi connectivity index (χ2n) is 6.67. The van der Waals surface area contributed by atoms with Crippen LogP contribution in [0.2, 0.25) is 0 Å². The van der Waals surface area contributed by atoms with E-state index in [2.05, 4.69) is 21.2 Å². The van der Waals surface area contributed by atoms with E-state index in [1.54, 1.807) is 23.5 Å². The van der Waals surface area contributed by atoms with Crippen molar-refractivity contribution in [3.05, 3.63) is 83.9 Å². The second-order valence-corrected chi connectivity index (χ2v) is 8.11. The maximum Gasteiger partial charge on any atom is 0.416 e. The van der Waals surface area contributed by atoms with Gasteiger partial charge in [0, 0.05) is 16.8 Å². The Morgan fingerprint density at radius 1 is 0.906 bits per heavy atom. The number of benzene rings is 3. The Morgan fingerprint density at radius 2 is 1.59 bits per heavy atom. The number of thiazole rings is 1. The minimum Gasteiger partial charge on any atom is -0.331 e. The van der Waals surface area contributed by atoms with Gasteiger partial charge >= 0.3 is 6.18 Å². The maximum atomic E-state index is 12.6. The van der Waals surface area contributed by atoms with E-state index in [1.807, 2.05) is 36.4 Å². The van der Waals surface area contributed by atoms with Gasteiger partial charge in [0.25, 0.3) is 5.91 Å². The summed E-state index contributed by atoms with van der Waals surface area (Å²) in [5.74, 6) is -0.419. The third-order valence-corrected chi connectivity index (χ3v) is 5.74. The number of halogens is 3. The molecule has 0 aliphatic rings. The Labute approximate surface area is 190 Å². The van der Waals surface area contributed by atoms with Crippen molar-refractivity contribution in [1.29, 1.82) is 0 Å². The lowest BCUT2D eigenvalue weighted by molar-refractivity contribution is -0.137. The molecule has 0 radical (unpaired) electrons. The van der Waals surface area contributed by atoms with E-state index < -0.39 is 17.6 Å². The van der Waals surface area contributed by atoms with Gasteiger partial charge in [-0.2, -0.15) is 13.2 Å². The minimum atomic E-state index is -4.41. The van der Waals surface area contributed by atoms with Crippen LogP contribution in [-0.2, 0) is 6.18 Å². The molecule has 0 atom stereocenters. The number of hydrogen-bond acceptors (Lipinski definition) is 4. The number of hydrogen-bond donors (Lipinski definition) is 3. The van der Waals surface area contributed by atoms with Crippen LogP contribution in [0.25, 0.3) is 20.8 Å². The van der Waals surface area contributed by atoms with Crippen LogP contribution in [0.5, 0.6) is 0 Å². The van der Waals surface area contributed by atoms with Crippen LogP contribution in [0.3, 0.4) is 0 Å². The zero-order valence-corrected chi connectivity index (χ0v) is 17.9. The largest absolute Gasteiger partial charge is 0.416 e. The van der Waals surface area contributed by atoms with E-state index in [0.717, 1.165) is 32.9 Å². The Morgan fingerprint density at radius 3 is 2.25 bits per heavy atom. The Kier molecular flexibility index (Phi) is 6.06. The van der Waals surface area contributed by atoms with Gasteiger partial charge in [-0.3, -0.25) is 15.6 Å². The first-order valence-corrected chi connectivity index (χ1v) is 10.5. The molecule has 162 valence electrons. The molecule has 0 bridgehead atoms. The van der Waals surface area contributed by atoms with Crippen molar-refractivity contribution < 1.29 is 18.0 Å². The molecule has 1 heterocycles. The number of aromatic nitrogens is 1. The van der Waals surface area contributed by atoms with Crippen LogP contribution in [0.4, 0.5) is 18.9 Å². The van der Waals surface area contributed by atoms with Gasteiger partial charge in [0.2, 0.25) is 0 Å². The monoisotopic (exact) mass is 472 g/mol. The Hall–Kier alpha value is -3.50. The number of carbonyl (C=O) groups excluding carboxylic acids is 1. The molecule has 0 aliphatic heterocycles. The third-order valence-electron chi connectivity index (χ3n) is 4.45. The first-order valence-electron chi connectivity index (χ1n) is 9.30. The van der Waals surface area contributed by atoms with Gasteiger partial charge in [0.15, 0.2) is 5.11 Å². The predicted molar refractivity (Wildman–Crippen MR) is 123 cm³/mol. The van der Waals surface area contributed by atoms with Crippen molar-refractivity contribution >= 4 is 50.5 Å². The predicted octanol–water partition coefficient (Wildman–Crippen LogP) is 5.61. The lowest BCUT2D eigenvalue weighted by Gasteiger charge is -2.12. The molecular formula is C22H15F3N4OS2. The summed E-state index contributed by atoms with van der Waals surface area (Å²) in [5, 5.41) is 3.59. The lowest BCUT2D eigenvalue weighted by Crippen LogP contribution is -2.43. The Balaban J connectivity index is 1.33. The average Bonchev–Trinajstić information content (AvgIpc) is 3.22. The summed E-state index contributed by atoms with van der Waals surface area (Å²) in [6, 6.07) is 19.2. The molecule has 4 aromatic rings. The summed E-state index contributed by atoms with van der Waals surface area (Å²) in [5.41, 5.74) is 6.79. The number of hydrazine groups is 1. The quantitative estimate of drug-likeness (QED) is 0.267. The summed E-state index contributed by atoms with van der Waals surface area (Å²) in [6.45, 7) is 0. The van der Waals surface area contributed by atoms with E-state index in [1.165, 1.54) is 12.1 Å². The first kappa shape index (κ1) is 21.7. The standard InChI is InChI=1S/C22H15F3N4OS2/c23-22(24,25)15-9-11-16(12-10-15)26-21(31)29-28-19(30)13-5-7-14(8-6-13)20-27-17-3-1-2-4-18(17)32-20/h1-12H,(H,28,30)(H2,26,29,31). The van der Waals surface area contributed by atoms with Crippen molar-refractivity contribution in [1.82, 2.24) is 15.8 Å². The molecule has 0 fully saturated rings. The fourth-order valence-corrected chi connectivity index (χ4v) is 3.99. The molecule has 4 rings (SSSR count). The van der Waals surface area contributed by atoms with Gasteiger partial charge in [-0.1, -0.05) is 24.3 Å². The highest BCUT2D eigenvalue weighted by molar-refractivity contribution is 7.80. The van der Waals surface area contributed by atoms with Crippen LogP contribution in [0.1, 0.15) is 15.9 Å². The van der Waals surface area contributed by atoms with Gasteiger partial charge in [0.05, 0.1) is 15.8 Å². The smallest absolute Gasteiger partial charge is 0.331 e. The zero-order chi connectivity index (χ0) is 22.7. The van der Waals surface area contributed by atoms with Gasteiger partial charge in [-0.05, 0) is 60.7 Å². The zero-order valence-electron chi connectivity index (χ0n) is 16.2. The number of nitrogens with one attached hydrogen (secondary N) is 3. The molecule has 0 spiro atoms. The van der Waals surface area contributed by atoms with Crippen LogP contribution in [0, 0.1) is 0 Å². The molecule has 0 saturated heterocycles. The summed E-state index contributed by atoms with van der Waals surface area (Å²) in [7, 11) is 0. The molecule has 0 saturated carbocycles. The van der Waals surface area contributed by atoms with Crippen LogP contribution in [-0.4, -0.2) is 16.0 Å². The molecule has 3 N–H and O–H groups in total.